The minimum atomic E-state index is -1.03. The summed E-state index contributed by atoms with van der Waals surface area (Å²) in [4.78, 5) is 27.5. The van der Waals surface area contributed by atoms with Crippen molar-refractivity contribution in [1.82, 2.24) is 25.9 Å². The van der Waals surface area contributed by atoms with Crippen LogP contribution in [0.15, 0.2) is 60.7 Å². The number of carbonyl (C=O) groups is 2. The highest BCUT2D eigenvalue weighted by Crippen LogP contribution is 2.28. The van der Waals surface area contributed by atoms with E-state index in [0.717, 1.165) is 11.1 Å². The Bertz CT molecular complexity index is 1050. The van der Waals surface area contributed by atoms with E-state index in [1.807, 2.05) is 60.7 Å². The first-order chi connectivity index (χ1) is 14.6. The number of anilines is 1. The highest BCUT2D eigenvalue weighted by molar-refractivity contribution is 7.80. The number of hydrazine groups is 1. The van der Waals surface area contributed by atoms with Crippen LogP contribution in [0.2, 0.25) is 0 Å². The molecule has 0 aliphatic heterocycles. The van der Waals surface area contributed by atoms with E-state index in [9.17, 15) is 9.59 Å². The minimum Gasteiger partial charge on any atom is -0.459 e. The molecule has 0 atom stereocenters. The van der Waals surface area contributed by atoms with Gasteiger partial charge in [-0.25, -0.2) is 9.78 Å². The summed E-state index contributed by atoms with van der Waals surface area (Å²) in [5.74, 6) is -1.89. The molecule has 10 heteroatoms. The monoisotopic (exact) mass is 422 g/mol. The molecule has 0 saturated heterocycles. The number of carbonyl (C=O) groups excluding carboxylic acids is 2. The third-order valence-electron chi connectivity index (χ3n) is 3.76. The van der Waals surface area contributed by atoms with Crippen LogP contribution in [-0.2, 0) is 14.3 Å². The lowest BCUT2D eigenvalue weighted by atomic mass is 10.0. The summed E-state index contributed by atoms with van der Waals surface area (Å²) in [7, 11) is 0. The molecule has 30 heavy (non-hydrogen) atoms. The van der Waals surface area contributed by atoms with Gasteiger partial charge in [0.15, 0.2) is 5.11 Å². The second kappa shape index (κ2) is 10.0. The lowest BCUT2D eigenvalue weighted by Gasteiger charge is -2.12. The van der Waals surface area contributed by atoms with Gasteiger partial charge in [0.05, 0.1) is 6.61 Å². The molecule has 0 spiro atoms. The Morgan fingerprint density at radius 2 is 1.53 bits per heavy atom. The first kappa shape index (κ1) is 20.8. The highest BCUT2D eigenvalue weighted by Gasteiger charge is 2.17. The van der Waals surface area contributed by atoms with E-state index in [1.54, 1.807) is 6.92 Å². The molecule has 0 saturated carbocycles. The quantitative estimate of drug-likeness (QED) is 0.246. The molecule has 1 amide bonds. The number of rotatable bonds is 5. The second-order valence-electron chi connectivity index (χ2n) is 5.82. The minimum absolute atomic E-state index is 0.0836. The molecule has 0 bridgehead atoms. The Morgan fingerprint density at radius 1 is 0.933 bits per heavy atom. The van der Waals surface area contributed by atoms with Crippen LogP contribution >= 0.6 is 12.2 Å². The van der Waals surface area contributed by atoms with Crippen molar-refractivity contribution in [2.24, 2.45) is 0 Å². The third kappa shape index (κ3) is 5.32. The summed E-state index contributed by atoms with van der Waals surface area (Å²) in [5, 5.41) is 10.4. The number of amides is 1. The van der Waals surface area contributed by atoms with E-state index < -0.39 is 11.9 Å². The summed E-state index contributed by atoms with van der Waals surface area (Å²) in [6.45, 7) is 1.68. The Morgan fingerprint density at radius 3 is 2.13 bits per heavy atom. The van der Waals surface area contributed by atoms with Crippen LogP contribution in [0.1, 0.15) is 6.92 Å². The number of esters is 1. The molecule has 0 aliphatic carbocycles. The predicted octanol–water partition coefficient (Wildman–Crippen LogP) is 2.09. The van der Waals surface area contributed by atoms with E-state index >= 15 is 0 Å². The van der Waals surface area contributed by atoms with Gasteiger partial charge in [-0.05, 0) is 19.1 Å². The Balaban J connectivity index is 1.78. The van der Waals surface area contributed by atoms with Crippen molar-refractivity contribution in [3.63, 3.8) is 0 Å². The van der Waals surface area contributed by atoms with Crippen LogP contribution in [0.25, 0.3) is 22.5 Å². The van der Waals surface area contributed by atoms with Gasteiger partial charge in [0.25, 0.3) is 5.95 Å². The summed E-state index contributed by atoms with van der Waals surface area (Å²) in [6.07, 6.45) is 0. The fraction of sp³-hybridized carbons (Fsp3) is 0.100. The molecule has 1 heterocycles. The van der Waals surface area contributed by atoms with Crippen LogP contribution in [0.3, 0.4) is 0 Å². The average Bonchev–Trinajstić information content (AvgIpc) is 2.79. The van der Waals surface area contributed by atoms with E-state index in [0.29, 0.717) is 11.4 Å². The van der Waals surface area contributed by atoms with E-state index in [-0.39, 0.29) is 17.7 Å². The molecule has 2 aromatic carbocycles. The van der Waals surface area contributed by atoms with Gasteiger partial charge >= 0.3 is 11.9 Å². The zero-order valence-corrected chi connectivity index (χ0v) is 16.8. The second-order valence-corrected chi connectivity index (χ2v) is 6.23. The van der Waals surface area contributed by atoms with Crippen LogP contribution in [0.5, 0.6) is 0 Å². The highest BCUT2D eigenvalue weighted by atomic mass is 32.1. The maximum absolute atomic E-state index is 11.6. The van der Waals surface area contributed by atoms with Gasteiger partial charge in [-0.2, -0.15) is 0 Å². The zero-order valence-electron chi connectivity index (χ0n) is 16.0. The number of nitrogens with zero attached hydrogens (tertiary/aromatic N) is 3. The number of benzene rings is 2. The maximum Gasteiger partial charge on any atom is 0.397 e. The lowest BCUT2D eigenvalue weighted by Crippen LogP contribution is -2.45. The Hall–Kier alpha value is -3.92. The van der Waals surface area contributed by atoms with Crippen LogP contribution in [0, 0.1) is 0 Å². The zero-order chi connectivity index (χ0) is 21.3. The number of hydrogen-bond acceptors (Lipinski definition) is 8. The van der Waals surface area contributed by atoms with Crippen LogP contribution < -0.4 is 16.2 Å². The van der Waals surface area contributed by atoms with Gasteiger partial charge in [-0.15, -0.1) is 10.2 Å². The third-order valence-corrected chi connectivity index (χ3v) is 3.96. The van der Waals surface area contributed by atoms with Gasteiger partial charge in [0, 0.05) is 11.1 Å². The molecule has 152 valence electrons. The summed E-state index contributed by atoms with van der Waals surface area (Å²) in [5.41, 5.74) is 8.16. The summed E-state index contributed by atoms with van der Waals surface area (Å²) < 4.78 is 4.59. The van der Waals surface area contributed by atoms with Crippen LogP contribution in [-0.4, -0.2) is 38.8 Å². The molecule has 3 rings (SSSR count). The van der Waals surface area contributed by atoms with Crippen LogP contribution in [0.4, 0.5) is 5.95 Å². The van der Waals surface area contributed by atoms with Crippen molar-refractivity contribution in [3.05, 3.63) is 60.7 Å². The molecule has 1 aromatic heterocycles. The molecule has 0 fully saturated rings. The Kier molecular flexibility index (Phi) is 6.95. The number of ether oxygens (including phenoxy) is 1. The normalized spacial score (nSPS) is 10.0. The number of aromatic nitrogens is 3. The fourth-order valence-corrected chi connectivity index (χ4v) is 2.61. The van der Waals surface area contributed by atoms with Crippen molar-refractivity contribution in [2.75, 3.05) is 12.0 Å². The van der Waals surface area contributed by atoms with Crippen molar-refractivity contribution in [3.8, 4) is 22.5 Å². The van der Waals surface area contributed by atoms with Crippen molar-refractivity contribution >= 4 is 35.2 Å². The molecular formula is C20H18N6O3S. The standard InChI is InChI=1S/C20H18N6O3S/c1-2-29-18(28)17(27)22-20(30)26-25-19-21-15(13-9-5-3-6-10-13)16(23-24-19)14-11-7-4-8-12-14/h3-12H,2H2,1H3,(H,21,24,25)(H2,22,26,27,30). The van der Waals surface area contributed by atoms with Crippen molar-refractivity contribution < 1.29 is 14.3 Å². The smallest absolute Gasteiger partial charge is 0.397 e. The molecule has 3 aromatic rings. The van der Waals surface area contributed by atoms with E-state index in [1.165, 1.54) is 0 Å². The fourth-order valence-electron chi connectivity index (χ4n) is 2.46. The summed E-state index contributed by atoms with van der Waals surface area (Å²) in [6, 6.07) is 19.1. The van der Waals surface area contributed by atoms with E-state index in [4.69, 9.17) is 12.2 Å². The molecule has 3 N–H and O–H groups in total. The number of nitrogens with one attached hydrogen (secondary N) is 3. The molecule has 0 aliphatic rings. The number of thiocarbonyl (C=S) groups is 1. The van der Waals surface area contributed by atoms with Crippen molar-refractivity contribution in [2.45, 2.75) is 6.92 Å². The molecular weight excluding hydrogens is 404 g/mol. The van der Waals surface area contributed by atoms with Crippen molar-refractivity contribution in [1.29, 1.82) is 0 Å². The van der Waals surface area contributed by atoms with Gasteiger partial charge < -0.3 is 4.74 Å². The Labute approximate surface area is 177 Å². The average molecular weight is 422 g/mol. The first-order valence-corrected chi connectivity index (χ1v) is 9.39. The van der Waals surface area contributed by atoms with Gasteiger partial charge in [-0.3, -0.25) is 21.0 Å². The number of hydrogen-bond donors (Lipinski definition) is 3. The van der Waals surface area contributed by atoms with Gasteiger partial charge in [0.2, 0.25) is 0 Å². The molecule has 0 unspecified atom stereocenters. The topological polar surface area (TPSA) is 118 Å². The largest absolute Gasteiger partial charge is 0.459 e. The molecule has 9 nitrogen and oxygen atoms in total. The van der Waals surface area contributed by atoms with E-state index in [2.05, 4.69) is 36.1 Å². The summed E-state index contributed by atoms with van der Waals surface area (Å²) >= 11 is 4.97. The van der Waals surface area contributed by atoms with Gasteiger partial charge in [0.1, 0.15) is 11.4 Å². The maximum atomic E-state index is 11.6. The molecule has 0 radical (unpaired) electrons. The lowest BCUT2D eigenvalue weighted by molar-refractivity contribution is -0.153. The predicted molar refractivity (Wildman–Crippen MR) is 115 cm³/mol. The first-order valence-electron chi connectivity index (χ1n) is 8.98. The van der Waals surface area contributed by atoms with Gasteiger partial charge in [-0.1, -0.05) is 60.7 Å². The SMILES string of the molecule is CCOC(=O)C(=O)NC(=S)NNc1nnc(-c2ccccc2)c(-c2ccccc2)n1.